The minimum atomic E-state index is -3.70. The molecule has 0 aliphatic heterocycles. The lowest BCUT2D eigenvalue weighted by atomic mass is 9.78. The molecule has 21 heavy (non-hydrogen) atoms. The summed E-state index contributed by atoms with van der Waals surface area (Å²) in [6.07, 6.45) is 3.05. The molecule has 0 saturated heterocycles. The molecule has 3 N–H and O–H groups in total. The van der Waals surface area contributed by atoms with Crippen LogP contribution in [0.15, 0.2) is 14.1 Å². The maximum atomic E-state index is 12.6. The summed E-state index contributed by atoms with van der Waals surface area (Å²) in [6, 6.07) is 1.43. The maximum Gasteiger partial charge on any atom is 0.251 e. The molecule has 9 heteroatoms. The molecule has 0 bridgehead atoms. The summed E-state index contributed by atoms with van der Waals surface area (Å²) in [5, 5.41) is 0.377. The number of halogens is 2. The summed E-state index contributed by atoms with van der Waals surface area (Å²) in [5.74, 6) is 0.558. The third-order valence-corrected chi connectivity index (χ3v) is 8.69. The fourth-order valence-corrected chi connectivity index (χ4v) is 6.58. The molecule has 1 aromatic heterocycles. The molecular weight excluding hydrogens is 416 g/mol. The Labute approximate surface area is 147 Å². The number of thiocarbonyl (C=S) groups is 1. The van der Waals surface area contributed by atoms with Crippen LogP contribution in [0.4, 0.5) is 0 Å². The highest BCUT2D eigenvalue weighted by molar-refractivity contribution is 9.11. The van der Waals surface area contributed by atoms with Crippen LogP contribution in [-0.2, 0) is 10.0 Å². The van der Waals surface area contributed by atoms with Crippen LogP contribution in [0.1, 0.15) is 32.6 Å². The van der Waals surface area contributed by atoms with Crippen molar-refractivity contribution >= 4 is 66.1 Å². The molecule has 1 aliphatic carbocycles. The second kappa shape index (κ2) is 6.41. The van der Waals surface area contributed by atoms with Gasteiger partial charge in [-0.05, 0) is 53.6 Å². The fraction of sp³-hybridized carbons (Fsp3) is 0.583. The van der Waals surface area contributed by atoms with Crippen LogP contribution in [0.3, 0.4) is 0 Å². The van der Waals surface area contributed by atoms with Crippen molar-refractivity contribution < 1.29 is 8.42 Å². The van der Waals surface area contributed by atoms with Gasteiger partial charge < -0.3 is 5.73 Å². The predicted octanol–water partition coefficient (Wildman–Crippen LogP) is 3.68. The highest BCUT2D eigenvalue weighted by atomic mass is 79.9. The molecule has 1 aromatic rings. The second-order valence-corrected chi connectivity index (χ2v) is 10.5. The smallest absolute Gasteiger partial charge is 0.251 e. The summed E-state index contributed by atoms with van der Waals surface area (Å²) in [7, 11) is -3.70. The van der Waals surface area contributed by atoms with Crippen molar-refractivity contribution in [2.75, 3.05) is 0 Å². The average molecular weight is 432 g/mol. The van der Waals surface area contributed by atoms with Crippen LogP contribution in [0, 0.1) is 5.92 Å². The van der Waals surface area contributed by atoms with Gasteiger partial charge >= 0.3 is 0 Å². The van der Waals surface area contributed by atoms with Gasteiger partial charge in [-0.2, -0.15) is 4.72 Å². The van der Waals surface area contributed by atoms with E-state index in [1.807, 2.05) is 0 Å². The lowest BCUT2D eigenvalue weighted by molar-refractivity contribution is 0.289. The number of nitrogens with one attached hydrogen (secondary N) is 1. The maximum absolute atomic E-state index is 12.6. The minimum absolute atomic E-state index is 0.161. The summed E-state index contributed by atoms with van der Waals surface area (Å²) in [6.45, 7) is 2.15. The molecule has 2 rings (SSSR count). The molecule has 0 aromatic carbocycles. The van der Waals surface area contributed by atoms with Crippen LogP contribution in [0.5, 0.6) is 0 Å². The van der Waals surface area contributed by atoms with E-state index in [-0.39, 0.29) is 9.20 Å². The lowest BCUT2D eigenvalue weighted by Gasteiger charge is -2.38. The number of thiophene rings is 1. The van der Waals surface area contributed by atoms with Crippen molar-refractivity contribution in [1.29, 1.82) is 0 Å². The van der Waals surface area contributed by atoms with Gasteiger partial charge in [-0.1, -0.05) is 30.7 Å². The van der Waals surface area contributed by atoms with Crippen molar-refractivity contribution in [3.63, 3.8) is 0 Å². The zero-order valence-electron chi connectivity index (χ0n) is 11.4. The van der Waals surface area contributed by atoms with E-state index in [0.717, 1.165) is 24.2 Å². The number of hydrogen-bond acceptors (Lipinski definition) is 4. The monoisotopic (exact) mass is 430 g/mol. The van der Waals surface area contributed by atoms with Gasteiger partial charge in [0.2, 0.25) is 0 Å². The predicted molar refractivity (Wildman–Crippen MR) is 94.5 cm³/mol. The topological polar surface area (TPSA) is 72.2 Å². The zero-order valence-corrected chi connectivity index (χ0v) is 16.1. The fourth-order valence-electron chi connectivity index (χ4n) is 2.42. The number of rotatable bonds is 4. The summed E-state index contributed by atoms with van der Waals surface area (Å²) in [4.78, 5) is 0.208. The van der Waals surface area contributed by atoms with Crippen molar-refractivity contribution in [1.82, 2.24) is 4.72 Å². The molecule has 1 aliphatic rings. The molecule has 0 spiro atoms. The number of hydrogen-bond donors (Lipinski definition) is 2. The summed E-state index contributed by atoms with van der Waals surface area (Å²) >= 11 is 15.3. The van der Waals surface area contributed by atoms with Gasteiger partial charge in [0.15, 0.2) is 0 Å². The molecular formula is C12H16BrClN2O2S3. The summed E-state index contributed by atoms with van der Waals surface area (Å²) < 4.78 is 28.6. The van der Waals surface area contributed by atoms with Crippen molar-refractivity contribution in [2.45, 2.75) is 42.4 Å². The standard InChI is InChI=1S/C12H16BrClN2O2S3/c1-7-2-4-12(5-3-7,11(15)19)16-21(17,18)9-6-8(14)10(13)20-9/h6-7,16H,2-5H2,1H3,(H2,15,19). The highest BCUT2D eigenvalue weighted by Gasteiger charge is 2.41. The molecule has 0 atom stereocenters. The van der Waals surface area contributed by atoms with Crippen LogP contribution in [-0.4, -0.2) is 18.9 Å². The third-order valence-electron chi connectivity index (χ3n) is 3.82. The Morgan fingerprint density at radius 1 is 1.57 bits per heavy atom. The van der Waals surface area contributed by atoms with Gasteiger partial charge in [0.1, 0.15) is 4.21 Å². The van der Waals surface area contributed by atoms with Gasteiger partial charge in [-0.25, -0.2) is 8.42 Å². The molecule has 0 unspecified atom stereocenters. The van der Waals surface area contributed by atoms with Crippen LogP contribution in [0.2, 0.25) is 5.02 Å². The first-order valence-electron chi connectivity index (χ1n) is 6.45. The Balaban J connectivity index is 2.30. The molecule has 4 nitrogen and oxygen atoms in total. The normalized spacial score (nSPS) is 26.7. The first-order valence-corrected chi connectivity index (χ1v) is 10.3. The number of nitrogens with two attached hydrogens (primary N) is 1. The molecule has 118 valence electrons. The van der Waals surface area contributed by atoms with Crippen LogP contribution < -0.4 is 10.5 Å². The first kappa shape index (κ1) is 17.6. The van der Waals surface area contributed by atoms with E-state index in [1.54, 1.807) is 0 Å². The highest BCUT2D eigenvalue weighted by Crippen LogP contribution is 2.37. The van der Waals surface area contributed by atoms with E-state index >= 15 is 0 Å². The Hall–Kier alpha value is 0.270. The van der Waals surface area contributed by atoms with Crippen molar-refractivity contribution in [3.05, 3.63) is 14.9 Å². The van der Waals surface area contributed by atoms with Gasteiger partial charge in [-0.3, -0.25) is 0 Å². The largest absolute Gasteiger partial charge is 0.392 e. The minimum Gasteiger partial charge on any atom is -0.392 e. The van der Waals surface area contributed by atoms with Crippen molar-refractivity contribution in [3.8, 4) is 0 Å². The average Bonchev–Trinajstić information content (AvgIpc) is 2.73. The summed E-state index contributed by atoms with van der Waals surface area (Å²) in [5.41, 5.74) is 5.01. The Morgan fingerprint density at radius 2 is 2.14 bits per heavy atom. The van der Waals surface area contributed by atoms with Gasteiger partial charge in [0.25, 0.3) is 10.0 Å². The van der Waals surface area contributed by atoms with E-state index in [9.17, 15) is 8.42 Å². The van der Waals surface area contributed by atoms with Gasteiger partial charge in [-0.15, -0.1) is 11.3 Å². The van der Waals surface area contributed by atoms with E-state index in [2.05, 4.69) is 27.6 Å². The van der Waals surface area contributed by atoms with Crippen molar-refractivity contribution in [2.24, 2.45) is 11.7 Å². The zero-order chi connectivity index (χ0) is 15.8. The van der Waals surface area contributed by atoms with Gasteiger partial charge in [0.05, 0.1) is 19.3 Å². The van der Waals surface area contributed by atoms with Gasteiger partial charge in [0, 0.05) is 0 Å². The first-order chi connectivity index (χ1) is 9.66. The quantitative estimate of drug-likeness (QED) is 0.713. The third kappa shape index (κ3) is 3.79. The van der Waals surface area contributed by atoms with E-state index in [4.69, 9.17) is 29.6 Å². The number of sulfonamides is 1. The van der Waals surface area contributed by atoms with Crippen LogP contribution in [0.25, 0.3) is 0 Å². The Morgan fingerprint density at radius 3 is 2.57 bits per heavy atom. The SMILES string of the molecule is CC1CCC(NS(=O)(=O)c2cc(Cl)c(Br)s2)(C(N)=S)CC1. The Kier molecular flexibility index (Phi) is 5.38. The second-order valence-electron chi connectivity index (χ2n) is 5.42. The lowest BCUT2D eigenvalue weighted by Crippen LogP contribution is -2.58. The molecule has 1 saturated carbocycles. The molecule has 1 fully saturated rings. The van der Waals surface area contributed by atoms with Crippen LogP contribution >= 0.6 is 51.1 Å². The molecule has 0 radical (unpaired) electrons. The van der Waals surface area contributed by atoms with E-state index in [1.165, 1.54) is 6.07 Å². The molecule has 1 heterocycles. The van der Waals surface area contributed by atoms with E-state index in [0.29, 0.717) is 27.6 Å². The molecule has 0 amide bonds. The Bertz CT molecular complexity index is 632. The van der Waals surface area contributed by atoms with E-state index < -0.39 is 15.6 Å².